The first-order valence-corrected chi connectivity index (χ1v) is 8.70. The molecule has 0 aromatic heterocycles. The molecule has 0 aliphatic carbocycles. The summed E-state index contributed by atoms with van der Waals surface area (Å²) in [6, 6.07) is 5.63. The minimum absolute atomic E-state index is 0.130. The topological polar surface area (TPSA) is 42.0 Å². The SMILES string of the molecule is COCc1cc(C(=O)N2CCC3(CCN(C)CC3)C2)ccc1OC. The molecule has 3 rings (SSSR count). The Labute approximate surface area is 144 Å². The number of carbonyl (C=O) groups is 1. The predicted molar refractivity (Wildman–Crippen MR) is 93.4 cm³/mol. The average molecular weight is 332 g/mol. The van der Waals surface area contributed by atoms with Gasteiger partial charge in [0, 0.05) is 31.3 Å². The molecule has 0 radical (unpaired) electrons. The van der Waals surface area contributed by atoms with E-state index in [1.165, 1.54) is 12.8 Å². The van der Waals surface area contributed by atoms with E-state index in [4.69, 9.17) is 9.47 Å². The summed E-state index contributed by atoms with van der Waals surface area (Å²) in [6.45, 7) is 4.49. The number of amides is 1. The second kappa shape index (κ2) is 7.11. The summed E-state index contributed by atoms with van der Waals surface area (Å²) in [5, 5.41) is 0. The molecule has 2 heterocycles. The molecular formula is C19H28N2O3. The second-order valence-corrected chi connectivity index (χ2v) is 7.24. The van der Waals surface area contributed by atoms with Gasteiger partial charge in [-0.05, 0) is 63.0 Å². The summed E-state index contributed by atoms with van der Waals surface area (Å²) in [5.41, 5.74) is 1.98. The zero-order chi connectivity index (χ0) is 17.2. The van der Waals surface area contributed by atoms with Crippen LogP contribution in [-0.2, 0) is 11.3 Å². The highest BCUT2D eigenvalue weighted by molar-refractivity contribution is 5.94. The average Bonchev–Trinajstić information content (AvgIpc) is 3.01. The molecular weight excluding hydrogens is 304 g/mol. The quantitative estimate of drug-likeness (QED) is 0.849. The minimum Gasteiger partial charge on any atom is -0.496 e. The number of piperidine rings is 1. The van der Waals surface area contributed by atoms with Gasteiger partial charge in [-0.2, -0.15) is 0 Å². The van der Waals surface area contributed by atoms with Crippen LogP contribution in [0.1, 0.15) is 35.2 Å². The maximum Gasteiger partial charge on any atom is 0.253 e. The molecule has 2 fully saturated rings. The van der Waals surface area contributed by atoms with E-state index >= 15 is 0 Å². The first-order chi connectivity index (χ1) is 11.6. The van der Waals surface area contributed by atoms with Gasteiger partial charge in [-0.15, -0.1) is 0 Å². The first-order valence-electron chi connectivity index (χ1n) is 8.70. The summed E-state index contributed by atoms with van der Waals surface area (Å²) >= 11 is 0. The van der Waals surface area contributed by atoms with Gasteiger partial charge in [-0.1, -0.05) is 0 Å². The maximum atomic E-state index is 12.9. The molecule has 2 aliphatic rings. The molecule has 0 atom stereocenters. The number of hydrogen-bond acceptors (Lipinski definition) is 4. The van der Waals surface area contributed by atoms with Crippen molar-refractivity contribution < 1.29 is 14.3 Å². The smallest absolute Gasteiger partial charge is 0.253 e. The van der Waals surface area contributed by atoms with Crippen LogP contribution in [0.4, 0.5) is 0 Å². The van der Waals surface area contributed by atoms with Crippen LogP contribution in [0.15, 0.2) is 18.2 Å². The number of nitrogens with zero attached hydrogens (tertiary/aromatic N) is 2. The van der Waals surface area contributed by atoms with Crippen LogP contribution in [-0.4, -0.2) is 63.2 Å². The van der Waals surface area contributed by atoms with E-state index in [0.29, 0.717) is 12.0 Å². The number of rotatable bonds is 4. The molecule has 5 heteroatoms. The van der Waals surface area contributed by atoms with Crippen molar-refractivity contribution in [2.24, 2.45) is 5.41 Å². The zero-order valence-electron chi connectivity index (χ0n) is 15.0. The highest BCUT2D eigenvalue weighted by Crippen LogP contribution is 2.40. The molecule has 1 spiro atoms. The standard InChI is InChI=1S/C19H28N2O3/c1-20-9-6-19(7-10-20)8-11-21(14-19)18(22)15-4-5-17(24-3)16(12-15)13-23-2/h4-5,12H,6-11,13-14H2,1-3H3. The fraction of sp³-hybridized carbons (Fsp3) is 0.632. The lowest BCUT2D eigenvalue weighted by atomic mass is 9.78. The third-order valence-electron chi connectivity index (χ3n) is 5.60. The summed E-state index contributed by atoms with van der Waals surface area (Å²) in [5.74, 6) is 0.896. The number of hydrogen-bond donors (Lipinski definition) is 0. The molecule has 1 amide bonds. The monoisotopic (exact) mass is 332 g/mol. The van der Waals surface area contributed by atoms with E-state index in [9.17, 15) is 4.79 Å². The van der Waals surface area contributed by atoms with Gasteiger partial charge in [0.25, 0.3) is 5.91 Å². The summed E-state index contributed by atoms with van der Waals surface area (Å²) in [6.07, 6.45) is 3.53. The zero-order valence-corrected chi connectivity index (χ0v) is 15.0. The van der Waals surface area contributed by atoms with Crippen LogP contribution in [0, 0.1) is 5.41 Å². The molecule has 2 saturated heterocycles. The molecule has 5 nitrogen and oxygen atoms in total. The van der Waals surface area contributed by atoms with Crippen molar-refractivity contribution in [3.63, 3.8) is 0 Å². The Morgan fingerprint density at radius 2 is 1.88 bits per heavy atom. The summed E-state index contributed by atoms with van der Waals surface area (Å²) in [4.78, 5) is 17.3. The fourth-order valence-corrected chi connectivity index (χ4v) is 3.97. The Morgan fingerprint density at radius 1 is 1.17 bits per heavy atom. The van der Waals surface area contributed by atoms with Crippen LogP contribution in [0.2, 0.25) is 0 Å². The fourth-order valence-electron chi connectivity index (χ4n) is 3.97. The highest BCUT2D eigenvalue weighted by atomic mass is 16.5. The van der Waals surface area contributed by atoms with Crippen molar-refractivity contribution in [1.82, 2.24) is 9.80 Å². The van der Waals surface area contributed by atoms with E-state index in [0.717, 1.165) is 49.5 Å². The Morgan fingerprint density at radius 3 is 2.54 bits per heavy atom. The van der Waals surface area contributed by atoms with Crippen molar-refractivity contribution in [2.75, 3.05) is 47.4 Å². The van der Waals surface area contributed by atoms with Gasteiger partial charge in [-0.25, -0.2) is 0 Å². The van der Waals surface area contributed by atoms with Crippen molar-refractivity contribution in [3.05, 3.63) is 29.3 Å². The van der Waals surface area contributed by atoms with Gasteiger partial charge in [-0.3, -0.25) is 4.79 Å². The number of carbonyl (C=O) groups excluding carboxylic acids is 1. The van der Waals surface area contributed by atoms with Crippen LogP contribution in [0.3, 0.4) is 0 Å². The lowest BCUT2D eigenvalue weighted by Crippen LogP contribution is -2.40. The highest BCUT2D eigenvalue weighted by Gasteiger charge is 2.41. The number of methoxy groups -OCH3 is 2. The van der Waals surface area contributed by atoms with E-state index in [1.54, 1.807) is 14.2 Å². The molecule has 1 aromatic carbocycles. The van der Waals surface area contributed by atoms with Crippen LogP contribution in [0.5, 0.6) is 5.75 Å². The molecule has 0 saturated carbocycles. The van der Waals surface area contributed by atoms with Crippen molar-refractivity contribution in [2.45, 2.75) is 25.9 Å². The van der Waals surface area contributed by atoms with Crippen LogP contribution < -0.4 is 4.74 Å². The maximum absolute atomic E-state index is 12.9. The van der Waals surface area contributed by atoms with Gasteiger partial charge in [0.05, 0.1) is 13.7 Å². The third kappa shape index (κ3) is 3.42. The molecule has 0 N–H and O–H groups in total. The molecule has 0 unspecified atom stereocenters. The third-order valence-corrected chi connectivity index (χ3v) is 5.60. The van der Waals surface area contributed by atoms with Gasteiger partial charge in [0.2, 0.25) is 0 Å². The molecule has 2 aliphatic heterocycles. The largest absolute Gasteiger partial charge is 0.496 e. The summed E-state index contributed by atoms with van der Waals surface area (Å²) in [7, 11) is 5.47. The Bertz CT molecular complexity index is 594. The Hall–Kier alpha value is -1.59. The molecule has 132 valence electrons. The van der Waals surface area contributed by atoms with Gasteiger partial charge in [0.1, 0.15) is 5.75 Å². The van der Waals surface area contributed by atoms with E-state index in [1.807, 2.05) is 23.1 Å². The minimum atomic E-state index is 0.130. The molecule has 1 aromatic rings. The summed E-state index contributed by atoms with van der Waals surface area (Å²) < 4.78 is 10.6. The van der Waals surface area contributed by atoms with Gasteiger partial charge < -0.3 is 19.3 Å². The van der Waals surface area contributed by atoms with E-state index < -0.39 is 0 Å². The number of likely N-dealkylation sites (tertiary alicyclic amines) is 2. The van der Waals surface area contributed by atoms with E-state index in [-0.39, 0.29) is 5.91 Å². The van der Waals surface area contributed by atoms with Crippen molar-refractivity contribution in [3.8, 4) is 5.75 Å². The van der Waals surface area contributed by atoms with Gasteiger partial charge >= 0.3 is 0 Å². The Kier molecular flexibility index (Phi) is 5.11. The Balaban J connectivity index is 1.72. The lowest BCUT2D eigenvalue weighted by Gasteiger charge is -2.37. The van der Waals surface area contributed by atoms with Gasteiger partial charge in [0.15, 0.2) is 0 Å². The molecule has 24 heavy (non-hydrogen) atoms. The van der Waals surface area contributed by atoms with Crippen molar-refractivity contribution >= 4 is 5.91 Å². The number of ether oxygens (including phenoxy) is 2. The van der Waals surface area contributed by atoms with E-state index in [2.05, 4.69) is 11.9 Å². The molecule has 0 bridgehead atoms. The van der Waals surface area contributed by atoms with Crippen LogP contribution in [0.25, 0.3) is 0 Å². The second-order valence-electron chi connectivity index (χ2n) is 7.24. The lowest BCUT2D eigenvalue weighted by molar-refractivity contribution is 0.0736. The number of benzene rings is 1. The van der Waals surface area contributed by atoms with Crippen LogP contribution >= 0.6 is 0 Å². The predicted octanol–water partition coefficient (Wildman–Crippen LogP) is 2.40. The normalized spacial score (nSPS) is 20.5. The van der Waals surface area contributed by atoms with Crippen molar-refractivity contribution in [1.29, 1.82) is 0 Å². The first kappa shape index (κ1) is 17.2.